The van der Waals surface area contributed by atoms with Gasteiger partial charge in [-0.3, -0.25) is 0 Å². The highest BCUT2D eigenvalue weighted by Gasteiger charge is 2.51. The van der Waals surface area contributed by atoms with Crippen molar-refractivity contribution in [3.05, 3.63) is 0 Å². The zero-order valence-corrected chi connectivity index (χ0v) is 10.2. The minimum atomic E-state index is 0.679. The van der Waals surface area contributed by atoms with Crippen LogP contribution in [0.2, 0.25) is 0 Å². The van der Waals surface area contributed by atoms with Crippen molar-refractivity contribution in [3.63, 3.8) is 0 Å². The summed E-state index contributed by atoms with van der Waals surface area (Å²) in [6.45, 7) is 9.78. The Bertz CT molecular complexity index is 201. The summed E-state index contributed by atoms with van der Waals surface area (Å²) in [5.41, 5.74) is 0. The molecule has 1 saturated carbocycles. The van der Waals surface area contributed by atoms with Gasteiger partial charge in [0.25, 0.3) is 0 Å². The molecule has 2 aliphatic rings. The van der Waals surface area contributed by atoms with Crippen LogP contribution < -0.4 is 0 Å². The van der Waals surface area contributed by atoms with Crippen LogP contribution >= 0.6 is 11.8 Å². The van der Waals surface area contributed by atoms with Gasteiger partial charge in [-0.05, 0) is 37.0 Å². The van der Waals surface area contributed by atoms with Gasteiger partial charge in [-0.2, -0.15) is 11.8 Å². The van der Waals surface area contributed by atoms with Gasteiger partial charge >= 0.3 is 0 Å². The average molecular weight is 198 g/mol. The summed E-state index contributed by atoms with van der Waals surface area (Å²) >= 11 is 2.29. The first-order valence-electron chi connectivity index (χ1n) is 5.73. The van der Waals surface area contributed by atoms with Crippen LogP contribution in [0.5, 0.6) is 0 Å². The van der Waals surface area contributed by atoms with E-state index in [9.17, 15) is 0 Å². The van der Waals surface area contributed by atoms with Crippen molar-refractivity contribution in [2.45, 2.75) is 57.0 Å². The number of hydrogen-bond donors (Lipinski definition) is 0. The van der Waals surface area contributed by atoms with Gasteiger partial charge in [-0.15, -0.1) is 0 Å². The lowest BCUT2D eigenvalue weighted by molar-refractivity contribution is 0.353. The Labute approximate surface area is 86.9 Å². The Kier molecular flexibility index (Phi) is 2.42. The second-order valence-corrected chi connectivity index (χ2v) is 7.21. The van der Waals surface area contributed by atoms with E-state index in [0.29, 0.717) is 4.75 Å². The Morgan fingerprint density at radius 2 is 1.85 bits per heavy atom. The Morgan fingerprint density at radius 1 is 1.15 bits per heavy atom. The fourth-order valence-electron chi connectivity index (χ4n) is 3.34. The Balaban J connectivity index is 2.16. The predicted octanol–water partition coefficient (Wildman–Crippen LogP) is 3.95. The second kappa shape index (κ2) is 3.18. The lowest BCUT2D eigenvalue weighted by atomic mass is 9.88. The summed E-state index contributed by atoms with van der Waals surface area (Å²) in [6, 6.07) is 0. The van der Waals surface area contributed by atoms with Gasteiger partial charge in [0.2, 0.25) is 0 Å². The van der Waals surface area contributed by atoms with Crippen LogP contribution in [0.15, 0.2) is 0 Å². The van der Waals surface area contributed by atoms with E-state index >= 15 is 0 Å². The first-order chi connectivity index (χ1) is 6.05. The maximum absolute atomic E-state index is 2.49. The molecule has 13 heavy (non-hydrogen) atoms. The molecule has 2 fully saturated rings. The third kappa shape index (κ3) is 1.44. The van der Waals surface area contributed by atoms with Gasteiger partial charge in [0, 0.05) is 10.00 Å². The molecule has 5 unspecified atom stereocenters. The SMILES string of the molecule is CC1CCC2(CC(C)C(C)C2C)S1. The van der Waals surface area contributed by atoms with Gasteiger partial charge in [0.1, 0.15) is 0 Å². The summed E-state index contributed by atoms with van der Waals surface area (Å²) in [5.74, 6) is 2.84. The molecule has 5 atom stereocenters. The third-order valence-electron chi connectivity index (χ3n) is 4.59. The molecule has 1 heteroatoms. The van der Waals surface area contributed by atoms with Crippen LogP contribution in [-0.4, -0.2) is 10.00 Å². The van der Waals surface area contributed by atoms with Crippen molar-refractivity contribution in [1.29, 1.82) is 0 Å². The number of hydrogen-bond acceptors (Lipinski definition) is 1. The van der Waals surface area contributed by atoms with Crippen LogP contribution in [0.25, 0.3) is 0 Å². The Morgan fingerprint density at radius 3 is 2.23 bits per heavy atom. The third-order valence-corrected chi connectivity index (χ3v) is 6.44. The van der Waals surface area contributed by atoms with E-state index in [4.69, 9.17) is 0 Å². The van der Waals surface area contributed by atoms with E-state index < -0.39 is 0 Å². The van der Waals surface area contributed by atoms with Gasteiger partial charge < -0.3 is 0 Å². The molecular weight excluding hydrogens is 176 g/mol. The first-order valence-corrected chi connectivity index (χ1v) is 6.61. The smallest absolute Gasteiger partial charge is 0.0194 e. The monoisotopic (exact) mass is 198 g/mol. The fourth-order valence-corrected chi connectivity index (χ4v) is 5.40. The van der Waals surface area contributed by atoms with Crippen molar-refractivity contribution < 1.29 is 0 Å². The molecule has 76 valence electrons. The maximum atomic E-state index is 2.49. The van der Waals surface area contributed by atoms with Crippen LogP contribution in [-0.2, 0) is 0 Å². The molecule has 1 heterocycles. The summed E-state index contributed by atoms with van der Waals surface area (Å²) in [6.07, 6.45) is 4.41. The minimum Gasteiger partial charge on any atom is -0.152 e. The summed E-state index contributed by atoms with van der Waals surface area (Å²) in [5, 5.41) is 0.917. The van der Waals surface area contributed by atoms with Crippen LogP contribution in [0, 0.1) is 17.8 Å². The van der Waals surface area contributed by atoms with E-state index in [1.165, 1.54) is 19.3 Å². The quantitative estimate of drug-likeness (QED) is 0.568. The molecule has 1 saturated heterocycles. The lowest BCUT2D eigenvalue weighted by Crippen LogP contribution is -2.26. The summed E-state index contributed by atoms with van der Waals surface area (Å²) in [7, 11) is 0. The normalized spacial score (nSPS) is 56.3. The fraction of sp³-hybridized carbons (Fsp3) is 1.00. The first kappa shape index (κ1) is 9.89. The van der Waals surface area contributed by atoms with Crippen molar-refractivity contribution in [1.82, 2.24) is 0 Å². The second-order valence-electron chi connectivity index (χ2n) is 5.36. The van der Waals surface area contributed by atoms with Crippen LogP contribution in [0.3, 0.4) is 0 Å². The predicted molar refractivity (Wildman–Crippen MR) is 61.1 cm³/mol. The molecule has 1 spiro atoms. The molecule has 0 bridgehead atoms. The van der Waals surface area contributed by atoms with E-state index in [0.717, 1.165) is 23.0 Å². The van der Waals surface area contributed by atoms with Gasteiger partial charge in [-0.1, -0.05) is 27.7 Å². The van der Waals surface area contributed by atoms with Crippen molar-refractivity contribution in [2.75, 3.05) is 0 Å². The molecule has 0 aromatic carbocycles. The highest BCUT2D eigenvalue weighted by atomic mass is 32.2. The molecule has 0 amide bonds. The van der Waals surface area contributed by atoms with Crippen molar-refractivity contribution in [3.8, 4) is 0 Å². The number of rotatable bonds is 0. The molecule has 0 radical (unpaired) electrons. The summed E-state index contributed by atoms with van der Waals surface area (Å²) in [4.78, 5) is 0. The molecule has 2 rings (SSSR count). The molecule has 0 aromatic heterocycles. The highest BCUT2D eigenvalue weighted by Crippen LogP contribution is 2.59. The van der Waals surface area contributed by atoms with Crippen molar-refractivity contribution in [2.24, 2.45) is 17.8 Å². The average Bonchev–Trinajstić information content (AvgIpc) is 2.53. The van der Waals surface area contributed by atoms with E-state index in [1.807, 2.05) is 0 Å². The molecular formula is C12H22S. The largest absolute Gasteiger partial charge is 0.152 e. The molecule has 0 N–H and O–H groups in total. The van der Waals surface area contributed by atoms with Crippen LogP contribution in [0.4, 0.5) is 0 Å². The van der Waals surface area contributed by atoms with Crippen LogP contribution in [0.1, 0.15) is 47.0 Å². The molecule has 1 aliphatic heterocycles. The topological polar surface area (TPSA) is 0 Å². The maximum Gasteiger partial charge on any atom is 0.0194 e. The zero-order chi connectivity index (χ0) is 9.64. The number of thioether (sulfide) groups is 1. The van der Waals surface area contributed by atoms with E-state index in [1.54, 1.807) is 0 Å². The van der Waals surface area contributed by atoms with Gasteiger partial charge in [0.15, 0.2) is 0 Å². The molecule has 1 aliphatic carbocycles. The molecule has 0 nitrogen and oxygen atoms in total. The highest BCUT2D eigenvalue weighted by molar-refractivity contribution is 8.01. The van der Waals surface area contributed by atoms with Gasteiger partial charge in [-0.25, -0.2) is 0 Å². The van der Waals surface area contributed by atoms with Gasteiger partial charge in [0.05, 0.1) is 0 Å². The van der Waals surface area contributed by atoms with E-state index in [2.05, 4.69) is 39.5 Å². The van der Waals surface area contributed by atoms with E-state index in [-0.39, 0.29) is 0 Å². The minimum absolute atomic E-state index is 0.679. The summed E-state index contributed by atoms with van der Waals surface area (Å²) < 4.78 is 0.679. The van der Waals surface area contributed by atoms with Crippen molar-refractivity contribution >= 4 is 11.8 Å². The standard InChI is InChI=1S/C12H22S/c1-8-7-12(11(4)10(8)3)6-5-9(2)13-12/h8-11H,5-7H2,1-4H3. The Hall–Kier alpha value is 0.350. The molecule has 0 aromatic rings. The zero-order valence-electron chi connectivity index (χ0n) is 9.34. The lowest BCUT2D eigenvalue weighted by Gasteiger charge is -2.29.